The Morgan fingerprint density at radius 3 is 2.47 bits per heavy atom. The fourth-order valence-electron chi connectivity index (χ4n) is 2.48. The van der Waals surface area contributed by atoms with Crippen LogP contribution in [0.15, 0.2) is 12.1 Å². The molecule has 0 aliphatic heterocycles. The number of nitrogens with one attached hydrogen (secondary N) is 1. The highest BCUT2D eigenvalue weighted by Gasteiger charge is 2.24. The molecule has 2 unspecified atom stereocenters. The zero-order valence-electron chi connectivity index (χ0n) is 12.7. The smallest absolute Gasteiger partial charge is 0.128 e. The van der Waals surface area contributed by atoms with Crippen molar-refractivity contribution in [3.8, 4) is 0 Å². The van der Waals surface area contributed by atoms with Crippen molar-refractivity contribution in [2.24, 2.45) is 0 Å². The number of hydrogen-bond donors (Lipinski definition) is 1. The summed E-state index contributed by atoms with van der Waals surface area (Å²) in [6.45, 7) is 11.4. The maximum absolute atomic E-state index is 14.3. The van der Waals surface area contributed by atoms with Crippen molar-refractivity contribution in [1.29, 1.82) is 0 Å². The van der Waals surface area contributed by atoms with Crippen LogP contribution in [0.1, 0.15) is 49.9 Å². The summed E-state index contributed by atoms with van der Waals surface area (Å²) in [6, 6.07) is 3.53. The van der Waals surface area contributed by atoms with E-state index in [1.807, 2.05) is 33.8 Å². The van der Waals surface area contributed by atoms with Crippen LogP contribution in [-0.4, -0.2) is 19.3 Å². The van der Waals surface area contributed by atoms with Gasteiger partial charge in [0.2, 0.25) is 0 Å². The number of rotatable bonds is 7. The van der Waals surface area contributed by atoms with E-state index in [4.69, 9.17) is 4.74 Å². The Balaban J connectivity index is 3.09. The molecule has 2 atom stereocenters. The van der Waals surface area contributed by atoms with Gasteiger partial charge in [0.05, 0.1) is 12.1 Å². The van der Waals surface area contributed by atoms with Crippen LogP contribution in [0.5, 0.6) is 0 Å². The van der Waals surface area contributed by atoms with E-state index in [2.05, 4.69) is 12.2 Å². The zero-order chi connectivity index (χ0) is 14.4. The highest BCUT2D eigenvalue weighted by molar-refractivity contribution is 5.35. The molecule has 0 radical (unpaired) electrons. The molecular weight excluding hydrogens is 241 g/mol. The van der Waals surface area contributed by atoms with E-state index in [9.17, 15) is 4.39 Å². The van der Waals surface area contributed by atoms with E-state index >= 15 is 0 Å². The van der Waals surface area contributed by atoms with Gasteiger partial charge in [0.1, 0.15) is 5.82 Å². The lowest BCUT2D eigenvalue weighted by Gasteiger charge is -2.27. The normalized spacial score (nSPS) is 14.4. The van der Waals surface area contributed by atoms with Gasteiger partial charge in [0.15, 0.2) is 0 Å². The first-order valence-electron chi connectivity index (χ1n) is 7.12. The van der Waals surface area contributed by atoms with E-state index in [-0.39, 0.29) is 18.0 Å². The number of benzene rings is 1. The highest BCUT2D eigenvalue weighted by Crippen LogP contribution is 2.26. The Hall–Kier alpha value is -0.930. The molecule has 0 aromatic heterocycles. The number of halogens is 1. The van der Waals surface area contributed by atoms with Crippen molar-refractivity contribution in [2.75, 3.05) is 13.2 Å². The van der Waals surface area contributed by atoms with Gasteiger partial charge in [-0.25, -0.2) is 4.39 Å². The van der Waals surface area contributed by atoms with Crippen LogP contribution in [0.2, 0.25) is 0 Å². The van der Waals surface area contributed by atoms with Crippen molar-refractivity contribution in [3.05, 3.63) is 34.6 Å². The summed E-state index contributed by atoms with van der Waals surface area (Å²) in [6.07, 6.45) is 0.967. The van der Waals surface area contributed by atoms with Crippen molar-refractivity contribution in [3.63, 3.8) is 0 Å². The molecule has 0 spiro atoms. The lowest BCUT2D eigenvalue weighted by molar-refractivity contribution is 0.0461. The first-order valence-corrected chi connectivity index (χ1v) is 7.12. The second-order valence-electron chi connectivity index (χ2n) is 5.07. The molecule has 0 aliphatic rings. The minimum absolute atomic E-state index is 0.0487. The minimum Gasteiger partial charge on any atom is -0.377 e. The molecule has 1 aromatic rings. The molecule has 0 saturated heterocycles. The molecule has 108 valence electrons. The van der Waals surface area contributed by atoms with Crippen molar-refractivity contribution < 1.29 is 9.13 Å². The first-order chi connectivity index (χ1) is 9.01. The van der Waals surface area contributed by atoms with E-state index in [1.165, 1.54) is 0 Å². The number of aryl methyl sites for hydroxylation is 2. The predicted molar refractivity (Wildman–Crippen MR) is 78.0 cm³/mol. The molecule has 0 saturated carbocycles. The van der Waals surface area contributed by atoms with Gasteiger partial charge < -0.3 is 10.1 Å². The maximum atomic E-state index is 14.3. The first kappa shape index (κ1) is 16.1. The summed E-state index contributed by atoms with van der Waals surface area (Å²) in [4.78, 5) is 0. The summed E-state index contributed by atoms with van der Waals surface area (Å²) < 4.78 is 20.0. The molecule has 0 heterocycles. The monoisotopic (exact) mass is 267 g/mol. The fourth-order valence-corrected chi connectivity index (χ4v) is 2.48. The Labute approximate surface area is 116 Å². The molecule has 0 fully saturated rings. The van der Waals surface area contributed by atoms with Gasteiger partial charge in [-0.2, -0.15) is 0 Å². The zero-order valence-corrected chi connectivity index (χ0v) is 12.7. The van der Waals surface area contributed by atoms with E-state index < -0.39 is 0 Å². The molecule has 2 nitrogen and oxygen atoms in total. The van der Waals surface area contributed by atoms with E-state index in [0.717, 1.165) is 29.7 Å². The third kappa shape index (κ3) is 4.29. The maximum Gasteiger partial charge on any atom is 0.128 e. The second kappa shape index (κ2) is 7.61. The predicted octanol–water partition coefficient (Wildman–Crippen LogP) is 3.91. The Kier molecular flexibility index (Phi) is 6.46. The quantitative estimate of drug-likeness (QED) is 0.808. The molecule has 1 rings (SSSR count). The standard InChI is InChI=1S/C16H26FNO/c1-6-8-18-16(13(5)19-7-2)15-12(4)9-11(3)10-14(15)17/h9-10,13,16,18H,6-8H2,1-5H3. The molecule has 19 heavy (non-hydrogen) atoms. The van der Waals surface area contributed by atoms with Gasteiger partial charge >= 0.3 is 0 Å². The Morgan fingerprint density at radius 2 is 1.95 bits per heavy atom. The third-order valence-electron chi connectivity index (χ3n) is 3.30. The Bertz CT molecular complexity index is 383. The van der Waals surface area contributed by atoms with Crippen LogP contribution < -0.4 is 5.32 Å². The summed E-state index contributed by atoms with van der Waals surface area (Å²) in [7, 11) is 0. The lowest BCUT2D eigenvalue weighted by atomic mass is 9.95. The topological polar surface area (TPSA) is 21.3 Å². The van der Waals surface area contributed by atoms with Gasteiger partial charge in [-0.05, 0) is 57.9 Å². The average molecular weight is 267 g/mol. The van der Waals surface area contributed by atoms with Gasteiger partial charge in [0, 0.05) is 12.2 Å². The van der Waals surface area contributed by atoms with Crippen LogP contribution in [0.3, 0.4) is 0 Å². The average Bonchev–Trinajstić information content (AvgIpc) is 2.32. The summed E-state index contributed by atoms with van der Waals surface area (Å²) in [5.74, 6) is -0.141. The van der Waals surface area contributed by atoms with Crippen LogP contribution in [0, 0.1) is 19.7 Å². The molecular formula is C16H26FNO. The highest BCUT2D eigenvalue weighted by atomic mass is 19.1. The van der Waals surface area contributed by atoms with E-state index in [0.29, 0.717) is 6.61 Å². The summed E-state index contributed by atoms with van der Waals surface area (Å²) in [5.41, 5.74) is 2.68. The summed E-state index contributed by atoms with van der Waals surface area (Å²) in [5, 5.41) is 3.41. The lowest BCUT2D eigenvalue weighted by Crippen LogP contribution is -2.34. The van der Waals surface area contributed by atoms with Crippen LogP contribution in [-0.2, 0) is 4.74 Å². The molecule has 0 aliphatic carbocycles. The van der Waals surface area contributed by atoms with Crippen molar-refractivity contribution >= 4 is 0 Å². The largest absolute Gasteiger partial charge is 0.377 e. The van der Waals surface area contributed by atoms with Crippen LogP contribution in [0.4, 0.5) is 4.39 Å². The van der Waals surface area contributed by atoms with Crippen molar-refractivity contribution in [1.82, 2.24) is 5.32 Å². The minimum atomic E-state index is -0.141. The summed E-state index contributed by atoms with van der Waals surface area (Å²) >= 11 is 0. The molecule has 0 amide bonds. The molecule has 1 aromatic carbocycles. The fraction of sp³-hybridized carbons (Fsp3) is 0.625. The van der Waals surface area contributed by atoms with E-state index in [1.54, 1.807) is 6.07 Å². The SMILES string of the molecule is CCCNC(c1c(C)cc(C)cc1F)C(C)OCC. The van der Waals surface area contributed by atoms with Gasteiger partial charge in [-0.15, -0.1) is 0 Å². The molecule has 3 heteroatoms. The van der Waals surface area contributed by atoms with Crippen LogP contribution in [0.25, 0.3) is 0 Å². The molecule has 1 N–H and O–H groups in total. The van der Waals surface area contributed by atoms with Gasteiger partial charge in [-0.3, -0.25) is 0 Å². The number of hydrogen-bond acceptors (Lipinski definition) is 2. The Morgan fingerprint density at radius 1 is 1.26 bits per heavy atom. The second-order valence-corrected chi connectivity index (χ2v) is 5.07. The van der Waals surface area contributed by atoms with Gasteiger partial charge in [0.25, 0.3) is 0 Å². The van der Waals surface area contributed by atoms with Crippen molar-refractivity contribution in [2.45, 2.75) is 53.2 Å². The molecule has 0 bridgehead atoms. The number of ether oxygens (including phenoxy) is 1. The van der Waals surface area contributed by atoms with Crippen LogP contribution >= 0.6 is 0 Å². The van der Waals surface area contributed by atoms with Gasteiger partial charge in [-0.1, -0.05) is 13.0 Å². The third-order valence-corrected chi connectivity index (χ3v) is 3.30.